The van der Waals surface area contributed by atoms with Gasteiger partial charge in [-0.1, -0.05) is 0 Å². The molecule has 1 heterocycles. The van der Waals surface area contributed by atoms with Gasteiger partial charge >= 0.3 is 6.09 Å². The topological polar surface area (TPSA) is 89.2 Å². The summed E-state index contributed by atoms with van der Waals surface area (Å²) in [6, 6.07) is -0.0926. The van der Waals surface area contributed by atoms with Gasteiger partial charge in [-0.15, -0.1) is 0 Å². The van der Waals surface area contributed by atoms with E-state index in [-0.39, 0.29) is 18.2 Å². The molecule has 0 bridgehead atoms. The van der Waals surface area contributed by atoms with Crippen molar-refractivity contribution >= 4 is 12.1 Å². The number of carbonyl (C=O) groups excluding carboxylic acids is 1. The number of aliphatic imine (C=N–C) groups is 1. The molecule has 116 valence electrons. The summed E-state index contributed by atoms with van der Waals surface area (Å²) in [7, 11) is 3.26. The molecule has 0 aromatic carbocycles. The minimum atomic E-state index is -0.498. The maximum atomic E-state index is 12.1. The van der Waals surface area contributed by atoms with Gasteiger partial charge in [-0.2, -0.15) is 0 Å². The minimum Gasteiger partial charge on any atom is -0.444 e. The van der Waals surface area contributed by atoms with Crippen molar-refractivity contribution in [3.05, 3.63) is 0 Å². The monoisotopic (exact) mass is 286 g/mol. The molecule has 1 aliphatic rings. The molecule has 3 N–H and O–H groups in total. The van der Waals surface area contributed by atoms with Gasteiger partial charge in [0.25, 0.3) is 0 Å². The van der Waals surface area contributed by atoms with Gasteiger partial charge < -0.3 is 25.4 Å². The number of ether oxygens (including phenoxy) is 2. The lowest BCUT2D eigenvalue weighted by molar-refractivity contribution is -0.00892. The first-order chi connectivity index (χ1) is 9.26. The highest BCUT2D eigenvalue weighted by atomic mass is 16.6. The smallest absolute Gasteiger partial charge is 0.410 e. The number of piperidine rings is 1. The van der Waals surface area contributed by atoms with Crippen LogP contribution in [0.25, 0.3) is 0 Å². The summed E-state index contributed by atoms with van der Waals surface area (Å²) in [6.45, 7) is 6.64. The highest BCUT2D eigenvalue weighted by Crippen LogP contribution is 2.17. The van der Waals surface area contributed by atoms with Crippen LogP contribution in [0.5, 0.6) is 0 Å². The Bertz CT molecular complexity index is 365. The van der Waals surface area contributed by atoms with E-state index in [1.165, 1.54) is 0 Å². The lowest BCUT2D eigenvalue weighted by Crippen LogP contribution is -2.58. The number of hydrogen-bond acceptors (Lipinski definition) is 4. The normalized spacial score (nSPS) is 24.4. The van der Waals surface area contributed by atoms with Gasteiger partial charge in [0.2, 0.25) is 0 Å². The van der Waals surface area contributed by atoms with Crippen molar-refractivity contribution in [2.75, 3.05) is 27.2 Å². The first kappa shape index (κ1) is 16.6. The van der Waals surface area contributed by atoms with Crippen molar-refractivity contribution < 1.29 is 14.3 Å². The molecule has 7 heteroatoms. The van der Waals surface area contributed by atoms with Crippen LogP contribution in [0.3, 0.4) is 0 Å². The number of guanidine groups is 1. The summed E-state index contributed by atoms with van der Waals surface area (Å²) >= 11 is 0. The van der Waals surface area contributed by atoms with E-state index in [0.717, 1.165) is 6.42 Å². The van der Waals surface area contributed by atoms with Gasteiger partial charge in [0.1, 0.15) is 5.60 Å². The van der Waals surface area contributed by atoms with Crippen LogP contribution in [0.2, 0.25) is 0 Å². The summed E-state index contributed by atoms with van der Waals surface area (Å²) in [5, 5.41) is 3.07. The third kappa shape index (κ3) is 4.88. The Morgan fingerprint density at radius 2 is 2.10 bits per heavy atom. The molecule has 1 aliphatic heterocycles. The Morgan fingerprint density at radius 3 is 2.60 bits per heavy atom. The van der Waals surface area contributed by atoms with E-state index >= 15 is 0 Å². The number of amides is 1. The summed E-state index contributed by atoms with van der Waals surface area (Å²) < 4.78 is 10.8. The lowest BCUT2D eigenvalue weighted by atomic mass is 10.0. The average molecular weight is 286 g/mol. The lowest BCUT2D eigenvalue weighted by Gasteiger charge is -2.38. The van der Waals surface area contributed by atoms with Crippen LogP contribution < -0.4 is 11.1 Å². The fourth-order valence-electron chi connectivity index (χ4n) is 2.10. The first-order valence-corrected chi connectivity index (χ1v) is 6.76. The van der Waals surface area contributed by atoms with Crippen LogP contribution in [0.15, 0.2) is 4.99 Å². The molecule has 1 rings (SSSR count). The number of nitrogens with zero attached hydrogens (tertiary/aromatic N) is 2. The Kier molecular flexibility index (Phi) is 5.62. The van der Waals surface area contributed by atoms with Crippen LogP contribution in [0.1, 0.15) is 27.2 Å². The van der Waals surface area contributed by atoms with E-state index in [9.17, 15) is 4.79 Å². The van der Waals surface area contributed by atoms with E-state index in [2.05, 4.69) is 10.3 Å². The van der Waals surface area contributed by atoms with Crippen LogP contribution in [-0.4, -0.2) is 61.9 Å². The van der Waals surface area contributed by atoms with Gasteiger partial charge in [0, 0.05) is 27.2 Å². The van der Waals surface area contributed by atoms with Gasteiger partial charge in [-0.3, -0.25) is 4.99 Å². The molecular weight excluding hydrogens is 260 g/mol. The molecule has 2 atom stereocenters. The van der Waals surface area contributed by atoms with Crippen LogP contribution in [-0.2, 0) is 9.47 Å². The molecular formula is C13H26N4O3. The summed E-state index contributed by atoms with van der Waals surface area (Å²) in [4.78, 5) is 17.6. The Morgan fingerprint density at radius 1 is 1.45 bits per heavy atom. The second-order valence-electron chi connectivity index (χ2n) is 5.85. The predicted molar refractivity (Wildman–Crippen MR) is 77.7 cm³/mol. The van der Waals surface area contributed by atoms with Crippen molar-refractivity contribution in [3.63, 3.8) is 0 Å². The number of nitrogens with one attached hydrogen (secondary N) is 1. The van der Waals surface area contributed by atoms with Crippen molar-refractivity contribution in [2.24, 2.45) is 10.7 Å². The fourth-order valence-corrected chi connectivity index (χ4v) is 2.10. The van der Waals surface area contributed by atoms with Gasteiger partial charge in [-0.25, -0.2) is 4.79 Å². The standard InChI is InChI=1S/C13H26N4O3/c1-13(2,3)20-12(18)17-7-6-10(19-5)9(8-17)16-11(14)15-4/h9-10H,6-8H2,1-5H3,(H3,14,15,16)/t9?,10-/m1/s1. The van der Waals surface area contributed by atoms with E-state index in [1.54, 1.807) is 19.1 Å². The molecule has 1 saturated heterocycles. The maximum Gasteiger partial charge on any atom is 0.410 e. The highest BCUT2D eigenvalue weighted by Gasteiger charge is 2.33. The average Bonchev–Trinajstić information content (AvgIpc) is 2.36. The number of nitrogens with two attached hydrogens (primary N) is 1. The Labute approximate surface area is 120 Å². The molecule has 0 radical (unpaired) electrons. The molecule has 0 saturated carbocycles. The predicted octanol–water partition coefficient (Wildman–Crippen LogP) is 0.545. The second-order valence-corrected chi connectivity index (χ2v) is 5.85. The Hall–Kier alpha value is -1.50. The molecule has 20 heavy (non-hydrogen) atoms. The molecule has 0 aromatic rings. The fraction of sp³-hybridized carbons (Fsp3) is 0.846. The van der Waals surface area contributed by atoms with Gasteiger partial charge in [0.15, 0.2) is 5.96 Å². The highest BCUT2D eigenvalue weighted by molar-refractivity contribution is 5.78. The quantitative estimate of drug-likeness (QED) is 0.571. The molecule has 1 amide bonds. The number of methoxy groups -OCH3 is 1. The van der Waals surface area contributed by atoms with Crippen molar-refractivity contribution in [1.82, 2.24) is 10.2 Å². The number of rotatable bonds is 2. The zero-order valence-corrected chi connectivity index (χ0v) is 13.0. The first-order valence-electron chi connectivity index (χ1n) is 6.76. The number of carbonyl (C=O) groups is 1. The zero-order valence-electron chi connectivity index (χ0n) is 13.0. The largest absolute Gasteiger partial charge is 0.444 e. The molecule has 1 fully saturated rings. The van der Waals surface area contributed by atoms with Crippen LogP contribution >= 0.6 is 0 Å². The molecule has 1 unspecified atom stereocenters. The van der Waals surface area contributed by atoms with E-state index in [0.29, 0.717) is 19.0 Å². The maximum absolute atomic E-state index is 12.1. The van der Waals surface area contributed by atoms with Crippen LogP contribution in [0, 0.1) is 0 Å². The summed E-state index contributed by atoms with van der Waals surface area (Å²) in [5.41, 5.74) is 5.19. The van der Waals surface area contributed by atoms with Crippen molar-refractivity contribution in [3.8, 4) is 0 Å². The Balaban J connectivity index is 2.67. The number of hydrogen-bond donors (Lipinski definition) is 2. The number of likely N-dealkylation sites (tertiary alicyclic amines) is 1. The molecule has 0 spiro atoms. The summed E-state index contributed by atoms with van der Waals surface area (Å²) in [6.07, 6.45) is 0.407. The minimum absolute atomic E-state index is 0.00557. The molecule has 7 nitrogen and oxygen atoms in total. The third-order valence-electron chi connectivity index (χ3n) is 3.08. The van der Waals surface area contributed by atoms with E-state index in [4.69, 9.17) is 15.2 Å². The SMILES string of the molecule is CN=C(N)NC1CN(C(=O)OC(C)(C)C)CC[C@H]1OC. The van der Waals surface area contributed by atoms with Crippen LogP contribution in [0.4, 0.5) is 4.79 Å². The third-order valence-corrected chi connectivity index (χ3v) is 3.08. The van der Waals surface area contributed by atoms with Crippen molar-refractivity contribution in [1.29, 1.82) is 0 Å². The van der Waals surface area contributed by atoms with Crippen molar-refractivity contribution in [2.45, 2.75) is 44.9 Å². The summed E-state index contributed by atoms with van der Waals surface area (Å²) in [5.74, 6) is 0.336. The zero-order chi connectivity index (χ0) is 15.3. The van der Waals surface area contributed by atoms with E-state index < -0.39 is 5.60 Å². The molecule has 0 aromatic heterocycles. The van der Waals surface area contributed by atoms with Gasteiger partial charge in [-0.05, 0) is 27.2 Å². The van der Waals surface area contributed by atoms with Gasteiger partial charge in [0.05, 0.1) is 12.1 Å². The molecule has 0 aliphatic carbocycles. The second kappa shape index (κ2) is 6.78. The van der Waals surface area contributed by atoms with E-state index in [1.807, 2.05) is 20.8 Å².